The topological polar surface area (TPSA) is 75.7 Å². The minimum atomic E-state index is -0.824. The van der Waals surface area contributed by atoms with Gasteiger partial charge in [-0.15, -0.1) is 0 Å². The second-order valence-electron chi connectivity index (χ2n) is 2.55. The van der Waals surface area contributed by atoms with E-state index in [1.165, 1.54) is 0 Å². The normalized spacial score (nSPS) is 14.3. The fourth-order valence-electron chi connectivity index (χ4n) is 1.05. The number of nitrogens with zero attached hydrogens (tertiary/aromatic N) is 2. The maximum Gasteiger partial charge on any atom is 0.253 e. The number of oxime groups is 1. The van der Waals surface area contributed by atoms with E-state index in [1.807, 2.05) is 6.92 Å². The SMILES string of the molecule is CCC/C(=N\O)C(CC)[N+](=O)[O-]. The Balaban J connectivity index is 4.35. The monoisotopic (exact) mass is 174 g/mol. The summed E-state index contributed by atoms with van der Waals surface area (Å²) in [4.78, 5) is 10.0. The van der Waals surface area contributed by atoms with Crippen LogP contribution in [0.3, 0.4) is 0 Å². The highest BCUT2D eigenvalue weighted by atomic mass is 16.6. The van der Waals surface area contributed by atoms with E-state index in [0.717, 1.165) is 6.42 Å². The van der Waals surface area contributed by atoms with Gasteiger partial charge in [0.2, 0.25) is 0 Å². The van der Waals surface area contributed by atoms with Gasteiger partial charge in [0.15, 0.2) is 0 Å². The van der Waals surface area contributed by atoms with Gasteiger partial charge in [-0.25, -0.2) is 0 Å². The fraction of sp³-hybridized carbons (Fsp3) is 0.857. The molecule has 0 spiro atoms. The summed E-state index contributed by atoms with van der Waals surface area (Å²) in [5.74, 6) is 0. The summed E-state index contributed by atoms with van der Waals surface area (Å²) in [5.41, 5.74) is 0.269. The number of hydrogen-bond donors (Lipinski definition) is 1. The van der Waals surface area contributed by atoms with Crippen molar-refractivity contribution in [3.63, 3.8) is 0 Å². The molecule has 0 aromatic rings. The molecule has 1 atom stereocenters. The van der Waals surface area contributed by atoms with Crippen molar-refractivity contribution in [2.45, 2.75) is 39.2 Å². The van der Waals surface area contributed by atoms with Crippen molar-refractivity contribution in [2.24, 2.45) is 5.16 Å². The summed E-state index contributed by atoms with van der Waals surface area (Å²) >= 11 is 0. The van der Waals surface area contributed by atoms with Gasteiger partial charge in [-0.2, -0.15) is 0 Å². The van der Waals surface area contributed by atoms with Gasteiger partial charge in [-0.1, -0.05) is 25.4 Å². The molecule has 0 amide bonds. The molecule has 5 nitrogen and oxygen atoms in total. The third-order valence-electron chi connectivity index (χ3n) is 1.66. The molecule has 0 rings (SSSR count). The van der Waals surface area contributed by atoms with Crippen molar-refractivity contribution in [2.75, 3.05) is 0 Å². The summed E-state index contributed by atoms with van der Waals surface area (Å²) in [6, 6.07) is -0.824. The molecule has 0 aromatic heterocycles. The molecular formula is C7H14N2O3. The van der Waals surface area contributed by atoms with Gasteiger partial charge in [-0.3, -0.25) is 10.1 Å². The van der Waals surface area contributed by atoms with E-state index in [4.69, 9.17) is 5.21 Å². The number of nitro groups is 1. The fourth-order valence-corrected chi connectivity index (χ4v) is 1.05. The van der Waals surface area contributed by atoms with Crippen LogP contribution in [0.1, 0.15) is 33.1 Å². The van der Waals surface area contributed by atoms with Crippen LogP contribution in [-0.4, -0.2) is 21.9 Å². The first-order valence-electron chi connectivity index (χ1n) is 4.01. The minimum absolute atomic E-state index is 0.269. The average molecular weight is 174 g/mol. The van der Waals surface area contributed by atoms with E-state index >= 15 is 0 Å². The maximum atomic E-state index is 10.4. The summed E-state index contributed by atoms with van der Waals surface area (Å²) in [6.07, 6.45) is 1.60. The second kappa shape index (κ2) is 5.51. The molecule has 70 valence electrons. The lowest BCUT2D eigenvalue weighted by atomic mass is 10.1. The average Bonchev–Trinajstić information content (AvgIpc) is 2.03. The molecular weight excluding hydrogens is 160 g/mol. The highest BCUT2D eigenvalue weighted by molar-refractivity contribution is 5.87. The first-order valence-corrected chi connectivity index (χ1v) is 4.01. The molecule has 0 aliphatic carbocycles. The Morgan fingerprint density at radius 2 is 2.25 bits per heavy atom. The van der Waals surface area contributed by atoms with Crippen LogP contribution >= 0.6 is 0 Å². The standard InChI is InChI=1S/C7H14N2O3/c1-3-5-6(8-10)7(4-2)9(11)12/h7,10H,3-5H2,1-2H3/b8-6+. The summed E-state index contributed by atoms with van der Waals surface area (Å²) in [6.45, 7) is 3.59. The van der Waals surface area contributed by atoms with Gasteiger partial charge in [0.25, 0.3) is 6.04 Å². The number of rotatable bonds is 5. The highest BCUT2D eigenvalue weighted by Crippen LogP contribution is 2.05. The van der Waals surface area contributed by atoms with Gasteiger partial charge in [-0.05, 0) is 6.42 Å². The third-order valence-corrected chi connectivity index (χ3v) is 1.66. The highest BCUT2D eigenvalue weighted by Gasteiger charge is 2.24. The largest absolute Gasteiger partial charge is 0.411 e. The molecule has 5 heteroatoms. The van der Waals surface area contributed by atoms with E-state index < -0.39 is 11.0 Å². The molecule has 12 heavy (non-hydrogen) atoms. The van der Waals surface area contributed by atoms with Crippen molar-refractivity contribution in [1.82, 2.24) is 0 Å². The molecule has 0 aromatic carbocycles. The van der Waals surface area contributed by atoms with E-state index in [-0.39, 0.29) is 5.71 Å². The zero-order chi connectivity index (χ0) is 9.56. The van der Waals surface area contributed by atoms with Gasteiger partial charge >= 0.3 is 0 Å². The second-order valence-corrected chi connectivity index (χ2v) is 2.55. The summed E-state index contributed by atoms with van der Waals surface area (Å²) in [7, 11) is 0. The lowest BCUT2D eigenvalue weighted by molar-refractivity contribution is -0.503. The van der Waals surface area contributed by atoms with Gasteiger partial charge < -0.3 is 5.21 Å². The van der Waals surface area contributed by atoms with E-state index in [2.05, 4.69) is 5.16 Å². The lowest BCUT2D eigenvalue weighted by Crippen LogP contribution is -2.28. The first-order chi connectivity index (χ1) is 5.67. The van der Waals surface area contributed by atoms with Crippen molar-refractivity contribution in [3.8, 4) is 0 Å². The number of hydrogen-bond acceptors (Lipinski definition) is 4. The van der Waals surface area contributed by atoms with Gasteiger partial charge in [0.1, 0.15) is 5.71 Å². The van der Waals surface area contributed by atoms with Crippen LogP contribution in [0.15, 0.2) is 5.16 Å². The molecule has 0 aliphatic heterocycles. The van der Waals surface area contributed by atoms with Gasteiger partial charge in [0.05, 0.1) is 0 Å². The molecule has 0 radical (unpaired) electrons. The predicted molar refractivity (Wildman–Crippen MR) is 45.2 cm³/mol. The van der Waals surface area contributed by atoms with Crippen LogP contribution in [0.4, 0.5) is 0 Å². The molecule has 0 aliphatic rings. The lowest BCUT2D eigenvalue weighted by Gasteiger charge is -2.06. The van der Waals surface area contributed by atoms with Crippen LogP contribution in [-0.2, 0) is 0 Å². The summed E-state index contributed by atoms with van der Waals surface area (Å²) < 4.78 is 0. The van der Waals surface area contributed by atoms with Crippen molar-refractivity contribution < 1.29 is 10.1 Å². The van der Waals surface area contributed by atoms with Crippen molar-refractivity contribution in [3.05, 3.63) is 10.1 Å². The van der Waals surface area contributed by atoms with E-state index in [9.17, 15) is 10.1 Å². The zero-order valence-electron chi connectivity index (χ0n) is 7.36. The van der Waals surface area contributed by atoms with Crippen LogP contribution < -0.4 is 0 Å². The molecule has 0 saturated heterocycles. The Morgan fingerprint density at radius 3 is 2.50 bits per heavy atom. The Labute approximate surface area is 71.2 Å². The third kappa shape index (κ3) is 2.86. The smallest absolute Gasteiger partial charge is 0.253 e. The molecule has 0 bridgehead atoms. The zero-order valence-corrected chi connectivity index (χ0v) is 7.36. The molecule has 0 fully saturated rings. The van der Waals surface area contributed by atoms with Crippen LogP contribution in [0.5, 0.6) is 0 Å². The van der Waals surface area contributed by atoms with Crippen LogP contribution in [0.2, 0.25) is 0 Å². The van der Waals surface area contributed by atoms with E-state index in [1.54, 1.807) is 6.92 Å². The molecule has 0 saturated carbocycles. The molecule has 1 unspecified atom stereocenters. The molecule has 1 N–H and O–H groups in total. The minimum Gasteiger partial charge on any atom is -0.411 e. The van der Waals surface area contributed by atoms with Crippen LogP contribution in [0.25, 0.3) is 0 Å². The van der Waals surface area contributed by atoms with Crippen LogP contribution in [0, 0.1) is 10.1 Å². The van der Waals surface area contributed by atoms with Crippen molar-refractivity contribution >= 4 is 5.71 Å². The Bertz CT molecular complexity index is 179. The Kier molecular flexibility index (Phi) is 4.99. The maximum absolute atomic E-state index is 10.4. The quantitative estimate of drug-likeness (QED) is 0.298. The van der Waals surface area contributed by atoms with E-state index in [0.29, 0.717) is 12.8 Å². The molecule has 0 heterocycles. The Morgan fingerprint density at radius 1 is 1.67 bits per heavy atom. The Hall–Kier alpha value is -1.13. The summed E-state index contributed by atoms with van der Waals surface area (Å²) in [5, 5.41) is 21.9. The first kappa shape index (κ1) is 10.9. The van der Waals surface area contributed by atoms with Gasteiger partial charge in [0, 0.05) is 11.3 Å². The predicted octanol–water partition coefficient (Wildman–Crippen LogP) is 1.67. The van der Waals surface area contributed by atoms with Crippen molar-refractivity contribution in [1.29, 1.82) is 0 Å².